The summed E-state index contributed by atoms with van der Waals surface area (Å²) < 4.78 is 1.98. The number of anilines is 3. The molecule has 3 rings (SSSR count). The quantitative estimate of drug-likeness (QED) is 0.754. The molecular weight excluding hydrogens is 312 g/mol. The Bertz CT molecular complexity index is 710. The lowest BCUT2D eigenvalue weighted by Gasteiger charge is -2.07. The van der Waals surface area contributed by atoms with E-state index in [1.807, 2.05) is 23.7 Å². The topological polar surface area (TPSA) is 63.8 Å². The Morgan fingerprint density at radius 2 is 2.11 bits per heavy atom. The second kappa shape index (κ2) is 4.55. The van der Waals surface area contributed by atoms with Crippen molar-refractivity contribution in [2.75, 3.05) is 11.1 Å². The predicted molar refractivity (Wildman–Crippen MR) is 79.3 cm³/mol. The summed E-state index contributed by atoms with van der Waals surface area (Å²) in [6.45, 7) is 0. The minimum Gasteiger partial charge on any atom is -0.397 e. The van der Waals surface area contributed by atoms with E-state index in [0.29, 0.717) is 5.69 Å². The molecule has 90 valence electrons. The van der Waals surface area contributed by atoms with Crippen LogP contribution in [0.4, 0.5) is 17.2 Å². The van der Waals surface area contributed by atoms with Crippen molar-refractivity contribution in [2.24, 2.45) is 0 Å². The number of hydrogen-bond donors (Lipinski definition) is 2. The van der Waals surface area contributed by atoms with Crippen LogP contribution in [0.25, 0.3) is 10.2 Å². The largest absolute Gasteiger partial charge is 0.397 e. The van der Waals surface area contributed by atoms with Crippen molar-refractivity contribution in [1.29, 1.82) is 0 Å². The SMILES string of the molecule is Nc1cnc(Nc2ccc3ncsc3c2)c(Br)c1. The predicted octanol–water partition coefficient (Wildman–Crippen LogP) is 3.78. The van der Waals surface area contributed by atoms with Crippen molar-refractivity contribution in [3.8, 4) is 0 Å². The zero-order chi connectivity index (χ0) is 12.5. The summed E-state index contributed by atoms with van der Waals surface area (Å²) >= 11 is 5.05. The number of nitrogens with zero attached hydrogens (tertiary/aromatic N) is 2. The van der Waals surface area contributed by atoms with Crippen LogP contribution in [-0.2, 0) is 0 Å². The average molecular weight is 321 g/mol. The van der Waals surface area contributed by atoms with Gasteiger partial charge in [0.15, 0.2) is 0 Å². The minimum atomic E-state index is 0.630. The highest BCUT2D eigenvalue weighted by Gasteiger charge is 2.04. The number of aromatic nitrogens is 2. The highest BCUT2D eigenvalue weighted by molar-refractivity contribution is 9.10. The van der Waals surface area contributed by atoms with Crippen molar-refractivity contribution >= 4 is 54.7 Å². The van der Waals surface area contributed by atoms with Crippen molar-refractivity contribution in [2.45, 2.75) is 0 Å². The molecule has 6 heteroatoms. The van der Waals surface area contributed by atoms with Crippen molar-refractivity contribution in [3.63, 3.8) is 0 Å². The van der Waals surface area contributed by atoms with Gasteiger partial charge in [-0.1, -0.05) is 0 Å². The van der Waals surface area contributed by atoms with Crippen LogP contribution in [0.5, 0.6) is 0 Å². The Labute approximate surface area is 116 Å². The molecule has 0 amide bonds. The van der Waals surface area contributed by atoms with Gasteiger partial charge in [0.2, 0.25) is 0 Å². The second-order valence-corrected chi connectivity index (χ2v) is 5.50. The monoisotopic (exact) mass is 320 g/mol. The summed E-state index contributed by atoms with van der Waals surface area (Å²) in [4.78, 5) is 8.49. The Balaban J connectivity index is 1.95. The Morgan fingerprint density at radius 3 is 2.94 bits per heavy atom. The third-order valence-electron chi connectivity index (χ3n) is 2.46. The number of nitrogens with one attached hydrogen (secondary N) is 1. The highest BCUT2D eigenvalue weighted by Crippen LogP contribution is 2.27. The smallest absolute Gasteiger partial charge is 0.144 e. The maximum Gasteiger partial charge on any atom is 0.144 e. The standard InChI is InChI=1S/C12H9BrN4S/c13-9-3-7(14)5-15-12(9)17-8-1-2-10-11(4-8)18-6-16-10/h1-6H,14H2,(H,15,17). The van der Waals surface area contributed by atoms with Crippen LogP contribution in [0.3, 0.4) is 0 Å². The number of halogens is 1. The van der Waals surface area contributed by atoms with Gasteiger partial charge in [0.25, 0.3) is 0 Å². The summed E-state index contributed by atoms with van der Waals surface area (Å²) in [7, 11) is 0. The Morgan fingerprint density at radius 1 is 1.22 bits per heavy atom. The van der Waals surface area contributed by atoms with E-state index in [0.717, 1.165) is 26.2 Å². The van der Waals surface area contributed by atoms with Gasteiger partial charge in [0, 0.05) is 5.69 Å². The number of nitrogens with two attached hydrogens (primary N) is 1. The molecular formula is C12H9BrN4S. The van der Waals surface area contributed by atoms with Gasteiger partial charge in [0.1, 0.15) is 5.82 Å². The molecule has 3 aromatic rings. The molecule has 0 aliphatic carbocycles. The maximum absolute atomic E-state index is 5.65. The molecule has 0 atom stereocenters. The van der Waals surface area contributed by atoms with Gasteiger partial charge >= 0.3 is 0 Å². The molecule has 0 aliphatic rings. The molecule has 2 heterocycles. The maximum atomic E-state index is 5.65. The molecule has 0 saturated carbocycles. The first kappa shape index (κ1) is 11.4. The van der Waals surface area contributed by atoms with E-state index >= 15 is 0 Å². The Hall–Kier alpha value is -1.66. The third-order valence-corrected chi connectivity index (χ3v) is 3.85. The summed E-state index contributed by atoms with van der Waals surface area (Å²) in [5.41, 5.74) is 10.1. The van der Waals surface area contributed by atoms with Crippen molar-refractivity contribution in [3.05, 3.63) is 40.4 Å². The van der Waals surface area contributed by atoms with E-state index in [2.05, 4.69) is 37.3 Å². The van der Waals surface area contributed by atoms with Gasteiger partial charge in [-0.2, -0.15) is 0 Å². The van der Waals surface area contributed by atoms with Gasteiger partial charge in [-0.05, 0) is 40.2 Å². The molecule has 0 fully saturated rings. The number of fused-ring (bicyclic) bond motifs is 1. The number of thiazole rings is 1. The highest BCUT2D eigenvalue weighted by atomic mass is 79.9. The van der Waals surface area contributed by atoms with Gasteiger partial charge < -0.3 is 11.1 Å². The average Bonchev–Trinajstić information content (AvgIpc) is 2.80. The molecule has 2 aromatic heterocycles. The van der Waals surface area contributed by atoms with Crippen LogP contribution in [0.1, 0.15) is 0 Å². The number of benzene rings is 1. The molecule has 0 radical (unpaired) electrons. The zero-order valence-corrected chi connectivity index (χ0v) is 11.6. The van der Waals surface area contributed by atoms with E-state index in [-0.39, 0.29) is 0 Å². The lowest BCUT2D eigenvalue weighted by Crippen LogP contribution is -1.96. The first-order valence-electron chi connectivity index (χ1n) is 5.24. The Kier molecular flexibility index (Phi) is 2.89. The van der Waals surface area contributed by atoms with Crippen molar-refractivity contribution < 1.29 is 0 Å². The van der Waals surface area contributed by atoms with Crippen LogP contribution >= 0.6 is 27.3 Å². The van der Waals surface area contributed by atoms with Crippen LogP contribution in [0.2, 0.25) is 0 Å². The van der Waals surface area contributed by atoms with E-state index in [1.54, 1.807) is 17.5 Å². The first-order valence-corrected chi connectivity index (χ1v) is 6.91. The molecule has 3 N–H and O–H groups in total. The first-order chi connectivity index (χ1) is 8.72. The second-order valence-electron chi connectivity index (χ2n) is 3.76. The fourth-order valence-electron chi connectivity index (χ4n) is 1.61. The van der Waals surface area contributed by atoms with Gasteiger partial charge in [-0.25, -0.2) is 9.97 Å². The number of nitrogen functional groups attached to an aromatic ring is 1. The van der Waals surface area contributed by atoms with E-state index in [4.69, 9.17) is 5.73 Å². The molecule has 0 spiro atoms. The lowest BCUT2D eigenvalue weighted by atomic mass is 10.3. The van der Waals surface area contributed by atoms with Gasteiger partial charge in [0.05, 0.1) is 32.1 Å². The molecule has 0 saturated heterocycles. The summed E-state index contributed by atoms with van der Waals surface area (Å²) in [6, 6.07) is 7.84. The number of hydrogen-bond acceptors (Lipinski definition) is 5. The van der Waals surface area contributed by atoms with E-state index in [1.165, 1.54) is 0 Å². The number of rotatable bonds is 2. The fourth-order valence-corrected chi connectivity index (χ4v) is 2.80. The minimum absolute atomic E-state index is 0.630. The van der Waals surface area contributed by atoms with Crippen LogP contribution in [-0.4, -0.2) is 9.97 Å². The fraction of sp³-hybridized carbons (Fsp3) is 0. The van der Waals surface area contributed by atoms with Gasteiger partial charge in [-0.3, -0.25) is 0 Å². The van der Waals surface area contributed by atoms with Crippen LogP contribution in [0, 0.1) is 0 Å². The molecule has 0 aliphatic heterocycles. The van der Waals surface area contributed by atoms with Crippen LogP contribution in [0.15, 0.2) is 40.4 Å². The lowest BCUT2D eigenvalue weighted by molar-refractivity contribution is 1.29. The molecule has 18 heavy (non-hydrogen) atoms. The molecule has 1 aromatic carbocycles. The molecule has 4 nitrogen and oxygen atoms in total. The van der Waals surface area contributed by atoms with Gasteiger partial charge in [-0.15, -0.1) is 11.3 Å². The van der Waals surface area contributed by atoms with Crippen LogP contribution < -0.4 is 11.1 Å². The summed E-state index contributed by atoms with van der Waals surface area (Å²) in [5, 5.41) is 3.25. The van der Waals surface area contributed by atoms with Crippen molar-refractivity contribution in [1.82, 2.24) is 9.97 Å². The normalized spacial score (nSPS) is 10.7. The van der Waals surface area contributed by atoms with E-state index < -0.39 is 0 Å². The van der Waals surface area contributed by atoms with E-state index in [9.17, 15) is 0 Å². The summed E-state index contributed by atoms with van der Waals surface area (Å²) in [6.07, 6.45) is 1.62. The zero-order valence-electron chi connectivity index (χ0n) is 9.22. The molecule has 0 unspecified atom stereocenters. The number of pyridine rings is 1. The molecule has 0 bridgehead atoms. The summed E-state index contributed by atoms with van der Waals surface area (Å²) in [5.74, 6) is 0.744. The third kappa shape index (κ3) is 2.16.